The van der Waals surface area contributed by atoms with Crippen LogP contribution in [0.4, 0.5) is 4.39 Å². The third kappa shape index (κ3) is 4.19. The fourth-order valence-electron chi connectivity index (χ4n) is 2.35. The van der Waals surface area contributed by atoms with E-state index < -0.39 is 5.82 Å². The number of hydrogen-bond acceptors (Lipinski definition) is 1. The molecule has 2 aromatic rings. The highest BCUT2D eigenvalue weighted by Crippen LogP contribution is 2.26. The summed E-state index contributed by atoms with van der Waals surface area (Å²) in [4.78, 5) is 0. The Kier molecular flexibility index (Phi) is 5.63. The van der Waals surface area contributed by atoms with E-state index in [0.29, 0.717) is 0 Å². The molecule has 0 heterocycles. The van der Waals surface area contributed by atoms with Crippen molar-refractivity contribution in [2.24, 2.45) is 0 Å². The van der Waals surface area contributed by atoms with Gasteiger partial charge >= 0.3 is 0 Å². The molecule has 0 bridgehead atoms. The molecule has 2 unspecified atom stereocenters. The topological polar surface area (TPSA) is 12.0 Å². The van der Waals surface area contributed by atoms with Gasteiger partial charge in [0.15, 0.2) is 0 Å². The van der Waals surface area contributed by atoms with E-state index in [1.165, 1.54) is 6.07 Å². The summed E-state index contributed by atoms with van der Waals surface area (Å²) in [6.07, 6.45) is 0.930. The average Bonchev–Trinajstić information content (AvgIpc) is 2.47. The molecule has 0 aliphatic carbocycles. The third-order valence-electron chi connectivity index (χ3n) is 3.55. The van der Waals surface area contributed by atoms with Gasteiger partial charge < -0.3 is 5.32 Å². The van der Waals surface area contributed by atoms with Gasteiger partial charge in [-0.25, -0.2) is 4.39 Å². The summed E-state index contributed by atoms with van der Waals surface area (Å²) in [6, 6.07) is 12.9. The van der Waals surface area contributed by atoms with Crippen LogP contribution in [0.1, 0.15) is 43.5 Å². The predicted molar refractivity (Wildman–Crippen MR) is 87.4 cm³/mol. The Labute approximate surface area is 135 Å². The third-order valence-corrected chi connectivity index (χ3v) is 4.08. The molecule has 0 fully saturated rings. The first-order chi connectivity index (χ1) is 10.0. The monoisotopic (exact) mass is 325 g/mol. The van der Waals surface area contributed by atoms with E-state index in [1.54, 1.807) is 12.1 Å². The van der Waals surface area contributed by atoms with Gasteiger partial charge in [0.1, 0.15) is 5.82 Å². The molecule has 2 rings (SSSR count). The minimum Gasteiger partial charge on any atom is -0.303 e. The van der Waals surface area contributed by atoms with E-state index in [-0.39, 0.29) is 17.1 Å². The summed E-state index contributed by atoms with van der Waals surface area (Å²) < 4.78 is 13.2. The Morgan fingerprint density at radius 3 is 2.48 bits per heavy atom. The number of nitrogens with one attached hydrogen (secondary N) is 1. The van der Waals surface area contributed by atoms with Crippen molar-refractivity contribution >= 4 is 23.2 Å². The van der Waals surface area contributed by atoms with Crippen molar-refractivity contribution in [2.75, 3.05) is 0 Å². The van der Waals surface area contributed by atoms with Gasteiger partial charge in [-0.1, -0.05) is 48.3 Å². The van der Waals surface area contributed by atoms with Crippen LogP contribution in [-0.4, -0.2) is 0 Å². The van der Waals surface area contributed by atoms with Crippen molar-refractivity contribution in [2.45, 2.75) is 32.4 Å². The summed E-state index contributed by atoms with van der Waals surface area (Å²) in [7, 11) is 0. The highest BCUT2D eigenvalue weighted by Gasteiger charge is 2.15. The van der Waals surface area contributed by atoms with Crippen LogP contribution in [-0.2, 0) is 0 Å². The molecule has 0 spiro atoms. The van der Waals surface area contributed by atoms with E-state index in [9.17, 15) is 4.39 Å². The van der Waals surface area contributed by atoms with Crippen LogP contribution in [0.15, 0.2) is 42.5 Å². The largest absolute Gasteiger partial charge is 0.303 e. The Morgan fingerprint density at radius 2 is 1.86 bits per heavy atom. The maximum absolute atomic E-state index is 13.2. The van der Waals surface area contributed by atoms with Crippen LogP contribution < -0.4 is 5.32 Å². The molecule has 0 aliphatic heterocycles. The van der Waals surface area contributed by atoms with Gasteiger partial charge in [-0.05, 0) is 48.7 Å². The van der Waals surface area contributed by atoms with Crippen molar-refractivity contribution in [1.82, 2.24) is 5.32 Å². The molecule has 2 aromatic carbocycles. The van der Waals surface area contributed by atoms with Crippen LogP contribution in [0.2, 0.25) is 10.0 Å². The minimum atomic E-state index is -0.394. The maximum atomic E-state index is 13.2. The number of hydrogen-bond donors (Lipinski definition) is 1. The van der Waals surface area contributed by atoms with E-state index >= 15 is 0 Å². The quantitative estimate of drug-likeness (QED) is 0.717. The van der Waals surface area contributed by atoms with E-state index in [1.807, 2.05) is 25.1 Å². The van der Waals surface area contributed by atoms with Gasteiger partial charge in [-0.2, -0.15) is 0 Å². The van der Waals surface area contributed by atoms with E-state index in [4.69, 9.17) is 23.2 Å². The van der Waals surface area contributed by atoms with Crippen molar-refractivity contribution in [3.05, 3.63) is 69.5 Å². The smallest absolute Gasteiger partial charge is 0.141 e. The Balaban J connectivity index is 2.16. The predicted octanol–water partition coefficient (Wildman–Crippen LogP) is 5.93. The average molecular weight is 326 g/mol. The molecule has 4 heteroatoms. The lowest BCUT2D eigenvalue weighted by molar-refractivity contribution is 0.456. The molecule has 2 atom stereocenters. The van der Waals surface area contributed by atoms with Gasteiger partial charge in [0.05, 0.1) is 5.02 Å². The van der Waals surface area contributed by atoms with Gasteiger partial charge in [-0.3, -0.25) is 0 Å². The van der Waals surface area contributed by atoms with Crippen molar-refractivity contribution in [3.63, 3.8) is 0 Å². The molecule has 112 valence electrons. The van der Waals surface area contributed by atoms with Gasteiger partial charge in [-0.15, -0.1) is 0 Å². The maximum Gasteiger partial charge on any atom is 0.141 e. The lowest BCUT2D eigenvalue weighted by Crippen LogP contribution is -2.24. The fraction of sp³-hybridized carbons (Fsp3) is 0.294. The molecular formula is C17H18Cl2FN. The van der Waals surface area contributed by atoms with Gasteiger partial charge in [0.2, 0.25) is 0 Å². The first-order valence-electron chi connectivity index (χ1n) is 6.97. The van der Waals surface area contributed by atoms with E-state index in [0.717, 1.165) is 22.6 Å². The standard InChI is InChI=1S/C17H18Cl2FN/c1-3-17(13-5-4-6-14(18)9-13)21-11(2)12-7-8-16(20)15(19)10-12/h4-11,17,21H,3H2,1-2H3. The lowest BCUT2D eigenvalue weighted by Gasteiger charge is -2.23. The number of benzene rings is 2. The Hall–Kier alpha value is -1.09. The SMILES string of the molecule is CCC(NC(C)c1ccc(F)c(Cl)c1)c1cccc(Cl)c1. The molecule has 1 N–H and O–H groups in total. The van der Waals surface area contributed by atoms with E-state index in [2.05, 4.69) is 18.3 Å². The van der Waals surface area contributed by atoms with Crippen molar-refractivity contribution in [3.8, 4) is 0 Å². The minimum absolute atomic E-state index is 0.0621. The normalized spacial score (nSPS) is 14.0. The van der Waals surface area contributed by atoms with Crippen LogP contribution in [0, 0.1) is 5.82 Å². The van der Waals surface area contributed by atoms with Crippen LogP contribution in [0.3, 0.4) is 0 Å². The zero-order valence-corrected chi connectivity index (χ0v) is 13.5. The van der Waals surface area contributed by atoms with Gasteiger partial charge in [0, 0.05) is 17.1 Å². The molecule has 0 radical (unpaired) electrons. The van der Waals surface area contributed by atoms with Crippen molar-refractivity contribution < 1.29 is 4.39 Å². The van der Waals surface area contributed by atoms with Crippen LogP contribution in [0.25, 0.3) is 0 Å². The molecule has 0 amide bonds. The number of halogens is 3. The Morgan fingerprint density at radius 1 is 1.10 bits per heavy atom. The zero-order chi connectivity index (χ0) is 15.4. The zero-order valence-electron chi connectivity index (χ0n) is 12.0. The summed E-state index contributed by atoms with van der Waals surface area (Å²) in [6.45, 7) is 4.15. The summed E-state index contributed by atoms with van der Waals surface area (Å²) >= 11 is 11.9. The Bertz CT molecular complexity index is 615. The molecule has 1 nitrogen and oxygen atoms in total. The fourth-order valence-corrected chi connectivity index (χ4v) is 2.74. The van der Waals surface area contributed by atoms with Crippen LogP contribution >= 0.6 is 23.2 Å². The highest BCUT2D eigenvalue weighted by atomic mass is 35.5. The molecule has 0 aliphatic rings. The van der Waals surface area contributed by atoms with Gasteiger partial charge in [0.25, 0.3) is 0 Å². The first-order valence-corrected chi connectivity index (χ1v) is 7.73. The van der Waals surface area contributed by atoms with Crippen molar-refractivity contribution in [1.29, 1.82) is 0 Å². The molecule has 21 heavy (non-hydrogen) atoms. The van der Waals surface area contributed by atoms with Crippen LogP contribution in [0.5, 0.6) is 0 Å². The lowest BCUT2D eigenvalue weighted by atomic mass is 10.0. The molecular weight excluding hydrogens is 308 g/mol. The highest BCUT2D eigenvalue weighted by molar-refractivity contribution is 6.31. The molecule has 0 saturated heterocycles. The summed E-state index contributed by atoms with van der Waals surface area (Å²) in [5.74, 6) is -0.394. The first kappa shape index (κ1) is 16.3. The summed E-state index contributed by atoms with van der Waals surface area (Å²) in [5.41, 5.74) is 2.10. The second-order valence-electron chi connectivity index (χ2n) is 5.08. The number of rotatable bonds is 5. The second-order valence-corrected chi connectivity index (χ2v) is 5.92. The molecule has 0 aromatic heterocycles. The molecule has 0 saturated carbocycles. The summed E-state index contributed by atoms with van der Waals surface area (Å²) in [5, 5.41) is 4.41. The second kappa shape index (κ2) is 7.26.